The van der Waals surface area contributed by atoms with Crippen LogP contribution in [0.15, 0.2) is 23.0 Å². The Morgan fingerprint density at radius 3 is 3.16 bits per heavy atom. The average molecular weight is 345 g/mol. The molecule has 2 aromatic rings. The van der Waals surface area contributed by atoms with Gasteiger partial charge in [0.1, 0.15) is 11.6 Å². The quantitative estimate of drug-likeness (QED) is 0.768. The van der Waals surface area contributed by atoms with Crippen LogP contribution in [0.2, 0.25) is 0 Å². The molecule has 0 aliphatic carbocycles. The second kappa shape index (κ2) is 8.29. The summed E-state index contributed by atoms with van der Waals surface area (Å²) in [4.78, 5) is 17.1. The van der Waals surface area contributed by atoms with Gasteiger partial charge in [0.15, 0.2) is 5.82 Å². The number of carbonyl (C=O) groups excluding carboxylic acids is 1. The number of fused-ring (bicyclic) bond motifs is 1. The SMILES string of the molecule is CCCCC(NCC1CCCn2ccnc21)C(=O)Nc1cc(C)on1. The number of nitrogens with one attached hydrogen (secondary N) is 2. The van der Waals surface area contributed by atoms with Gasteiger partial charge >= 0.3 is 0 Å². The summed E-state index contributed by atoms with van der Waals surface area (Å²) in [7, 11) is 0. The molecule has 0 radical (unpaired) electrons. The van der Waals surface area contributed by atoms with Gasteiger partial charge in [-0.2, -0.15) is 0 Å². The summed E-state index contributed by atoms with van der Waals surface area (Å²) in [6.45, 7) is 5.74. The topological polar surface area (TPSA) is 85.0 Å². The van der Waals surface area contributed by atoms with E-state index in [9.17, 15) is 4.79 Å². The van der Waals surface area contributed by atoms with Crippen molar-refractivity contribution in [3.63, 3.8) is 0 Å². The van der Waals surface area contributed by atoms with Crippen LogP contribution in [-0.2, 0) is 11.3 Å². The van der Waals surface area contributed by atoms with E-state index in [1.807, 2.05) is 12.4 Å². The number of aryl methyl sites for hydroxylation is 2. The molecule has 0 spiro atoms. The number of carbonyl (C=O) groups is 1. The molecule has 2 unspecified atom stereocenters. The van der Waals surface area contributed by atoms with Gasteiger partial charge in [-0.15, -0.1) is 0 Å². The average Bonchev–Trinajstić information content (AvgIpc) is 3.24. The fraction of sp³-hybridized carbons (Fsp3) is 0.611. The van der Waals surface area contributed by atoms with E-state index in [1.54, 1.807) is 13.0 Å². The molecule has 136 valence electrons. The normalized spacial score (nSPS) is 17.9. The van der Waals surface area contributed by atoms with Crippen molar-refractivity contribution in [2.75, 3.05) is 11.9 Å². The molecule has 1 aliphatic rings. The van der Waals surface area contributed by atoms with E-state index in [0.29, 0.717) is 17.5 Å². The maximum absolute atomic E-state index is 12.6. The molecule has 3 heterocycles. The summed E-state index contributed by atoms with van der Waals surface area (Å²) >= 11 is 0. The Hall–Kier alpha value is -2.15. The summed E-state index contributed by atoms with van der Waals surface area (Å²) in [5, 5.41) is 10.1. The largest absolute Gasteiger partial charge is 0.360 e. The standard InChI is InChI=1S/C18H27N5O2/c1-3-4-7-15(18(24)21-16-11-13(2)25-22-16)20-12-14-6-5-9-23-10-8-19-17(14)23/h8,10-11,14-15,20H,3-7,9,12H2,1-2H3,(H,21,22,24). The lowest BCUT2D eigenvalue weighted by atomic mass is 9.98. The molecule has 2 atom stereocenters. The zero-order chi connectivity index (χ0) is 17.6. The summed E-state index contributed by atoms with van der Waals surface area (Å²) in [5.74, 6) is 2.58. The molecule has 7 nitrogen and oxygen atoms in total. The fourth-order valence-corrected chi connectivity index (χ4v) is 3.36. The number of unbranched alkanes of at least 4 members (excludes halogenated alkanes) is 1. The van der Waals surface area contributed by atoms with Gasteiger partial charge in [0, 0.05) is 37.5 Å². The van der Waals surface area contributed by atoms with Gasteiger partial charge in [-0.25, -0.2) is 4.98 Å². The highest BCUT2D eigenvalue weighted by molar-refractivity contribution is 5.94. The smallest absolute Gasteiger partial charge is 0.242 e. The van der Waals surface area contributed by atoms with E-state index in [1.165, 1.54) is 0 Å². The predicted molar refractivity (Wildman–Crippen MR) is 95.4 cm³/mol. The molecule has 2 aromatic heterocycles. The van der Waals surface area contributed by atoms with Crippen molar-refractivity contribution in [3.8, 4) is 0 Å². The number of anilines is 1. The van der Waals surface area contributed by atoms with Crippen molar-refractivity contribution in [2.45, 2.75) is 64.5 Å². The molecule has 2 N–H and O–H groups in total. The number of imidazole rings is 1. The third-order valence-corrected chi connectivity index (χ3v) is 4.72. The first-order valence-corrected chi connectivity index (χ1v) is 9.16. The van der Waals surface area contributed by atoms with E-state index in [2.05, 4.69) is 32.3 Å². The number of hydrogen-bond acceptors (Lipinski definition) is 5. The van der Waals surface area contributed by atoms with Crippen molar-refractivity contribution in [3.05, 3.63) is 30.0 Å². The van der Waals surface area contributed by atoms with Crippen molar-refractivity contribution in [1.82, 2.24) is 20.0 Å². The fourth-order valence-electron chi connectivity index (χ4n) is 3.36. The second-order valence-corrected chi connectivity index (χ2v) is 6.73. The minimum atomic E-state index is -0.234. The molecule has 0 aromatic carbocycles. The number of rotatable bonds is 8. The first-order valence-electron chi connectivity index (χ1n) is 9.16. The Balaban J connectivity index is 1.60. The molecular formula is C18H27N5O2. The zero-order valence-corrected chi connectivity index (χ0v) is 15.0. The zero-order valence-electron chi connectivity index (χ0n) is 15.0. The van der Waals surface area contributed by atoms with Crippen LogP contribution in [0.5, 0.6) is 0 Å². The highest BCUT2D eigenvalue weighted by Gasteiger charge is 2.24. The first-order chi connectivity index (χ1) is 12.2. The summed E-state index contributed by atoms with van der Waals surface area (Å²) in [6, 6.07) is 1.49. The van der Waals surface area contributed by atoms with E-state index in [-0.39, 0.29) is 11.9 Å². The van der Waals surface area contributed by atoms with Gasteiger partial charge < -0.3 is 19.7 Å². The van der Waals surface area contributed by atoms with Crippen LogP contribution in [0.25, 0.3) is 0 Å². The lowest BCUT2D eigenvalue weighted by Crippen LogP contribution is -2.43. The van der Waals surface area contributed by atoms with Gasteiger partial charge in [0.2, 0.25) is 5.91 Å². The monoisotopic (exact) mass is 345 g/mol. The molecule has 3 rings (SSSR count). The molecule has 1 aliphatic heterocycles. The van der Waals surface area contributed by atoms with Crippen LogP contribution in [0.4, 0.5) is 5.82 Å². The molecule has 0 saturated heterocycles. The van der Waals surface area contributed by atoms with Crippen LogP contribution in [0.3, 0.4) is 0 Å². The Labute approximate surface area is 148 Å². The minimum Gasteiger partial charge on any atom is -0.360 e. The number of aromatic nitrogens is 3. The molecule has 7 heteroatoms. The lowest BCUT2D eigenvalue weighted by Gasteiger charge is -2.26. The van der Waals surface area contributed by atoms with Crippen LogP contribution < -0.4 is 10.6 Å². The van der Waals surface area contributed by atoms with E-state index >= 15 is 0 Å². The van der Waals surface area contributed by atoms with E-state index < -0.39 is 0 Å². The summed E-state index contributed by atoms with van der Waals surface area (Å²) < 4.78 is 7.23. The van der Waals surface area contributed by atoms with Crippen molar-refractivity contribution < 1.29 is 9.32 Å². The molecule has 0 bridgehead atoms. The summed E-state index contributed by atoms with van der Waals surface area (Å²) in [5.41, 5.74) is 0. The van der Waals surface area contributed by atoms with Gasteiger partial charge in [-0.1, -0.05) is 24.9 Å². The van der Waals surface area contributed by atoms with Gasteiger partial charge in [-0.05, 0) is 26.2 Å². The molecule has 0 saturated carbocycles. The maximum Gasteiger partial charge on any atom is 0.242 e. The van der Waals surface area contributed by atoms with Crippen molar-refractivity contribution in [2.24, 2.45) is 0 Å². The van der Waals surface area contributed by atoms with Crippen LogP contribution in [0.1, 0.15) is 56.5 Å². The minimum absolute atomic E-state index is 0.0547. The molecular weight excluding hydrogens is 318 g/mol. The summed E-state index contributed by atoms with van der Waals surface area (Å²) in [6.07, 6.45) is 9.02. The van der Waals surface area contributed by atoms with Crippen LogP contribution >= 0.6 is 0 Å². The molecule has 0 fully saturated rings. The first kappa shape index (κ1) is 17.7. The Morgan fingerprint density at radius 1 is 1.52 bits per heavy atom. The van der Waals surface area contributed by atoms with E-state index in [4.69, 9.17) is 4.52 Å². The second-order valence-electron chi connectivity index (χ2n) is 6.73. The Morgan fingerprint density at radius 2 is 2.40 bits per heavy atom. The van der Waals surface area contributed by atoms with Crippen molar-refractivity contribution >= 4 is 11.7 Å². The highest BCUT2D eigenvalue weighted by Crippen LogP contribution is 2.25. The highest BCUT2D eigenvalue weighted by atomic mass is 16.5. The third-order valence-electron chi connectivity index (χ3n) is 4.72. The third kappa shape index (κ3) is 4.48. The van der Waals surface area contributed by atoms with Gasteiger partial charge in [0.05, 0.1) is 6.04 Å². The number of hydrogen-bond donors (Lipinski definition) is 2. The number of amides is 1. The van der Waals surface area contributed by atoms with Gasteiger partial charge in [-0.3, -0.25) is 4.79 Å². The lowest BCUT2D eigenvalue weighted by molar-refractivity contribution is -0.118. The predicted octanol–water partition coefficient (Wildman–Crippen LogP) is 2.84. The number of nitrogens with zero attached hydrogens (tertiary/aromatic N) is 3. The maximum atomic E-state index is 12.6. The van der Waals surface area contributed by atoms with Crippen LogP contribution in [-0.4, -0.2) is 33.2 Å². The van der Waals surface area contributed by atoms with Crippen molar-refractivity contribution in [1.29, 1.82) is 0 Å². The Bertz CT molecular complexity index is 693. The van der Waals surface area contributed by atoms with Gasteiger partial charge in [0.25, 0.3) is 0 Å². The molecule has 1 amide bonds. The van der Waals surface area contributed by atoms with Crippen LogP contribution in [0, 0.1) is 6.92 Å². The molecule has 25 heavy (non-hydrogen) atoms. The van der Waals surface area contributed by atoms with E-state index in [0.717, 1.165) is 51.0 Å². The Kier molecular flexibility index (Phi) is 5.86.